The van der Waals surface area contributed by atoms with Crippen LogP contribution in [-0.2, 0) is 0 Å². The van der Waals surface area contributed by atoms with Crippen molar-refractivity contribution in [3.05, 3.63) is 73.1 Å². The predicted molar refractivity (Wildman–Crippen MR) is 112 cm³/mol. The van der Waals surface area contributed by atoms with Crippen molar-refractivity contribution >= 4 is 44.6 Å². The lowest BCUT2D eigenvalue weighted by Gasteiger charge is -2.15. The van der Waals surface area contributed by atoms with Gasteiger partial charge in [-0.3, -0.25) is 9.38 Å². The number of nitrogens with one attached hydrogen (secondary N) is 1. The molecule has 0 saturated heterocycles. The highest BCUT2D eigenvalue weighted by molar-refractivity contribution is 5.98. The van der Waals surface area contributed by atoms with Crippen LogP contribution in [0, 0.1) is 0 Å². The van der Waals surface area contributed by atoms with Crippen molar-refractivity contribution < 1.29 is 0 Å². The number of rotatable bonds is 3. The monoisotopic (exact) mass is 353 g/mol. The molecule has 0 amide bonds. The minimum Gasteiger partial charge on any atom is -0.378 e. The Hall–Kier alpha value is -3.60. The fourth-order valence-electron chi connectivity index (χ4n) is 3.51. The molecule has 5 nitrogen and oxygen atoms in total. The summed E-state index contributed by atoms with van der Waals surface area (Å²) in [6.45, 7) is 0. The SMILES string of the molecule is CN(C)c1cccc(Nc2nc3cc4ccccc4n3c3cnccc23)c1. The quantitative estimate of drug-likeness (QED) is 0.504. The average molecular weight is 353 g/mol. The van der Waals surface area contributed by atoms with E-state index in [4.69, 9.17) is 4.98 Å². The topological polar surface area (TPSA) is 45.5 Å². The van der Waals surface area contributed by atoms with E-state index < -0.39 is 0 Å². The van der Waals surface area contributed by atoms with Gasteiger partial charge in [-0.1, -0.05) is 24.3 Å². The lowest BCUT2D eigenvalue weighted by molar-refractivity contribution is 1.13. The Morgan fingerprint density at radius 3 is 2.70 bits per heavy atom. The van der Waals surface area contributed by atoms with Crippen LogP contribution in [0.25, 0.3) is 27.5 Å². The van der Waals surface area contributed by atoms with Gasteiger partial charge < -0.3 is 10.2 Å². The van der Waals surface area contributed by atoms with E-state index in [1.165, 1.54) is 5.39 Å². The molecule has 0 unspecified atom stereocenters. The van der Waals surface area contributed by atoms with Crippen LogP contribution >= 0.6 is 0 Å². The Bertz CT molecular complexity index is 1290. The van der Waals surface area contributed by atoms with Gasteiger partial charge in [-0.25, -0.2) is 4.98 Å². The molecular formula is C22H19N5. The molecule has 5 aromatic rings. The fraction of sp³-hybridized carbons (Fsp3) is 0.0909. The maximum atomic E-state index is 4.92. The molecular weight excluding hydrogens is 334 g/mol. The number of anilines is 3. The number of hydrogen-bond acceptors (Lipinski definition) is 4. The highest BCUT2D eigenvalue weighted by atomic mass is 15.1. The Balaban J connectivity index is 1.74. The van der Waals surface area contributed by atoms with Crippen LogP contribution in [0.15, 0.2) is 73.1 Å². The van der Waals surface area contributed by atoms with Gasteiger partial charge in [0.1, 0.15) is 11.5 Å². The van der Waals surface area contributed by atoms with E-state index in [2.05, 4.69) is 62.1 Å². The molecule has 27 heavy (non-hydrogen) atoms. The summed E-state index contributed by atoms with van der Waals surface area (Å²) in [4.78, 5) is 11.4. The molecule has 0 spiro atoms. The van der Waals surface area contributed by atoms with Crippen molar-refractivity contribution in [1.82, 2.24) is 14.4 Å². The van der Waals surface area contributed by atoms with E-state index in [1.54, 1.807) is 0 Å². The smallest absolute Gasteiger partial charge is 0.142 e. The van der Waals surface area contributed by atoms with Crippen LogP contribution in [0.1, 0.15) is 0 Å². The van der Waals surface area contributed by atoms with Crippen LogP contribution in [0.2, 0.25) is 0 Å². The largest absolute Gasteiger partial charge is 0.378 e. The van der Waals surface area contributed by atoms with Crippen molar-refractivity contribution in [3.63, 3.8) is 0 Å². The Morgan fingerprint density at radius 2 is 1.81 bits per heavy atom. The molecule has 0 aliphatic carbocycles. The van der Waals surface area contributed by atoms with E-state index in [1.807, 2.05) is 44.7 Å². The third-order valence-electron chi connectivity index (χ3n) is 4.84. The van der Waals surface area contributed by atoms with Gasteiger partial charge in [-0.2, -0.15) is 0 Å². The first kappa shape index (κ1) is 15.6. The Kier molecular flexibility index (Phi) is 3.47. The molecule has 0 aliphatic rings. The average Bonchev–Trinajstić information content (AvgIpc) is 3.07. The maximum Gasteiger partial charge on any atom is 0.142 e. The predicted octanol–water partition coefficient (Wildman–Crippen LogP) is 4.85. The van der Waals surface area contributed by atoms with Crippen molar-refractivity contribution in [2.24, 2.45) is 0 Å². The van der Waals surface area contributed by atoms with Crippen LogP contribution in [-0.4, -0.2) is 28.5 Å². The molecule has 2 aromatic carbocycles. The molecule has 0 saturated carbocycles. The van der Waals surface area contributed by atoms with E-state index >= 15 is 0 Å². The third-order valence-corrected chi connectivity index (χ3v) is 4.84. The first-order valence-corrected chi connectivity index (χ1v) is 8.89. The lowest BCUT2D eigenvalue weighted by Crippen LogP contribution is -2.08. The standard InChI is InChI=1S/C22H19N5/c1-26(2)17-8-5-7-16(13-17)24-22-18-10-11-23-14-20(18)27-19-9-4-3-6-15(19)12-21(27)25-22/h3-14H,1-2H3,(H,24,25). The summed E-state index contributed by atoms with van der Waals surface area (Å²) in [5.74, 6) is 0.832. The van der Waals surface area contributed by atoms with Gasteiger partial charge in [0.05, 0.1) is 17.2 Å². The molecule has 0 radical (unpaired) electrons. The number of pyridine rings is 1. The normalized spacial score (nSPS) is 11.3. The molecule has 0 aliphatic heterocycles. The van der Waals surface area contributed by atoms with Gasteiger partial charge in [0.2, 0.25) is 0 Å². The summed E-state index contributed by atoms with van der Waals surface area (Å²) in [5.41, 5.74) is 5.23. The van der Waals surface area contributed by atoms with Crippen molar-refractivity contribution in [3.8, 4) is 0 Å². The molecule has 5 rings (SSSR count). The molecule has 1 N–H and O–H groups in total. The number of para-hydroxylation sites is 1. The summed E-state index contributed by atoms with van der Waals surface area (Å²) in [7, 11) is 4.08. The molecule has 0 fully saturated rings. The zero-order valence-electron chi connectivity index (χ0n) is 15.2. The minimum atomic E-state index is 0.832. The second-order valence-corrected chi connectivity index (χ2v) is 6.82. The van der Waals surface area contributed by atoms with Gasteiger partial charge in [0, 0.05) is 42.4 Å². The molecule has 3 heterocycles. The van der Waals surface area contributed by atoms with Gasteiger partial charge in [0.15, 0.2) is 0 Å². The van der Waals surface area contributed by atoms with Gasteiger partial charge >= 0.3 is 0 Å². The minimum absolute atomic E-state index is 0.832. The van der Waals surface area contributed by atoms with E-state index in [-0.39, 0.29) is 0 Å². The highest BCUT2D eigenvalue weighted by Crippen LogP contribution is 2.30. The highest BCUT2D eigenvalue weighted by Gasteiger charge is 2.12. The van der Waals surface area contributed by atoms with Crippen molar-refractivity contribution in [1.29, 1.82) is 0 Å². The number of fused-ring (bicyclic) bond motifs is 5. The number of nitrogens with zero attached hydrogens (tertiary/aromatic N) is 4. The third kappa shape index (κ3) is 2.56. The zero-order valence-corrected chi connectivity index (χ0v) is 15.2. The Labute approximate surface area is 156 Å². The maximum absolute atomic E-state index is 4.92. The summed E-state index contributed by atoms with van der Waals surface area (Å²) in [6, 6.07) is 20.8. The van der Waals surface area contributed by atoms with Gasteiger partial charge in [-0.05, 0) is 36.4 Å². The van der Waals surface area contributed by atoms with Crippen LogP contribution in [0.5, 0.6) is 0 Å². The second kappa shape index (κ2) is 5.99. The van der Waals surface area contributed by atoms with Crippen molar-refractivity contribution in [2.75, 3.05) is 24.3 Å². The number of hydrogen-bond donors (Lipinski definition) is 1. The zero-order chi connectivity index (χ0) is 18.4. The Morgan fingerprint density at radius 1 is 0.926 bits per heavy atom. The van der Waals surface area contributed by atoms with E-state index in [0.717, 1.165) is 39.3 Å². The lowest BCUT2D eigenvalue weighted by atomic mass is 10.2. The molecule has 132 valence electrons. The van der Waals surface area contributed by atoms with Gasteiger partial charge in [-0.15, -0.1) is 0 Å². The summed E-state index contributed by atoms with van der Waals surface area (Å²) in [5, 5.41) is 5.70. The molecule has 0 bridgehead atoms. The summed E-state index contributed by atoms with van der Waals surface area (Å²) in [6.07, 6.45) is 3.71. The number of benzene rings is 2. The number of aromatic nitrogens is 3. The van der Waals surface area contributed by atoms with Crippen LogP contribution in [0.3, 0.4) is 0 Å². The fourth-order valence-corrected chi connectivity index (χ4v) is 3.51. The first-order valence-electron chi connectivity index (χ1n) is 8.89. The summed E-state index contributed by atoms with van der Waals surface area (Å²) >= 11 is 0. The van der Waals surface area contributed by atoms with E-state index in [9.17, 15) is 0 Å². The summed E-state index contributed by atoms with van der Waals surface area (Å²) < 4.78 is 2.17. The molecule has 5 heteroatoms. The molecule has 3 aromatic heterocycles. The van der Waals surface area contributed by atoms with Gasteiger partial charge in [0.25, 0.3) is 0 Å². The van der Waals surface area contributed by atoms with Crippen molar-refractivity contribution in [2.45, 2.75) is 0 Å². The van der Waals surface area contributed by atoms with Crippen LogP contribution in [0.4, 0.5) is 17.2 Å². The van der Waals surface area contributed by atoms with E-state index in [0.29, 0.717) is 0 Å². The van der Waals surface area contributed by atoms with Crippen LogP contribution < -0.4 is 10.2 Å². The second-order valence-electron chi connectivity index (χ2n) is 6.82. The first-order chi connectivity index (χ1) is 13.2. The molecule has 0 atom stereocenters.